The number of amides is 1. The van der Waals surface area contributed by atoms with Gasteiger partial charge in [0.05, 0.1) is 0 Å². The summed E-state index contributed by atoms with van der Waals surface area (Å²) in [6.07, 6.45) is 4.29. The molecule has 6 heteroatoms. The molecule has 0 aromatic carbocycles. The second kappa shape index (κ2) is 11.3. The van der Waals surface area contributed by atoms with Crippen LogP contribution in [-0.2, 0) is 14.4 Å². The number of carbonyl (C=O) groups excluding carboxylic acids is 2. The fourth-order valence-corrected chi connectivity index (χ4v) is 2.31. The van der Waals surface area contributed by atoms with Crippen LogP contribution in [0.2, 0.25) is 0 Å². The Morgan fingerprint density at radius 1 is 0.962 bits per heavy atom. The lowest BCUT2D eigenvalue weighted by molar-refractivity contribution is -0.142. The van der Waals surface area contributed by atoms with E-state index in [0.717, 1.165) is 32.2 Å². The van der Waals surface area contributed by atoms with E-state index < -0.39 is 17.4 Å². The van der Waals surface area contributed by atoms with E-state index in [1.165, 1.54) is 0 Å². The highest BCUT2D eigenvalue weighted by Gasteiger charge is 2.25. The molecule has 0 aliphatic carbocycles. The minimum absolute atomic E-state index is 0.000465. The number of carbonyl (C=O) groups is 3. The minimum atomic E-state index is -1.09. The van der Waals surface area contributed by atoms with Crippen molar-refractivity contribution in [3.8, 4) is 0 Å². The molecule has 1 amide bonds. The number of aliphatic carboxylic acids is 1. The summed E-state index contributed by atoms with van der Waals surface area (Å²) in [5.41, 5.74) is -0.357. The van der Waals surface area contributed by atoms with Gasteiger partial charge in [-0.2, -0.15) is 0 Å². The number of unbranched alkanes of at least 4 members (excludes halogenated alkanes) is 2. The molecule has 0 saturated heterocycles. The number of ketones is 1. The molecule has 0 aliphatic rings. The molecule has 152 valence electrons. The Morgan fingerprint density at radius 3 is 2.08 bits per heavy atom. The number of hydrogen-bond acceptors (Lipinski definition) is 4. The smallest absolute Gasteiger partial charge is 0.326 e. The lowest BCUT2D eigenvalue weighted by atomic mass is 9.87. The van der Waals surface area contributed by atoms with Crippen molar-refractivity contribution in [1.29, 1.82) is 0 Å². The fraction of sp³-hybridized carbons (Fsp3) is 0.850. The molecule has 6 nitrogen and oxygen atoms in total. The molecule has 0 rings (SSSR count). The lowest BCUT2D eigenvalue weighted by Gasteiger charge is -2.24. The molecule has 26 heavy (non-hydrogen) atoms. The molecule has 0 saturated carbocycles. The molecule has 3 N–H and O–H groups in total. The molecular weight excluding hydrogens is 332 g/mol. The zero-order valence-electron chi connectivity index (χ0n) is 17.4. The zero-order chi connectivity index (χ0) is 20.4. The van der Waals surface area contributed by atoms with Gasteiger partial charge in [-0.1, -0.05) is 34.1 Å². The number of carboxylic acids is 1. The lowest BCUT2D eigenvalue weighted by Crippen LogP contribution is -2.41. The van der Waals surface area contributed by atoms with E-state index in [0.29, 0.717) is 6.42 Å². The van der Waals surface area contributed by atoms with Crippen LogP contribution in [0.5, 0.6) is 0 Å². The van der Waals surface area contributed by atoms with Gasteiger partial charge in [-0.25, -0.2) is 4.79 Å². The zero-order valence-corrected chi connectivity index (χ0v) is 17.4. The summed E-state index contributed by atoms with van der Waals surface area (Å²) in [7, 11) is 0. The van der Waals surface area contributed by atoms with E-state index in [1.54, 1.807) is 20.8 Å². The molecule has 0 bridgehead atoms. The quantitative estimate of drug-likeness (QED) is 0.432. The van der Waals surface area contributed by atoms with Gasteiger partial charge < -0.3 is 15.7 Å². The topological polar surface area (TPSA) is 95.5 Å². The van der Waals surface area contributed by atoms with E-state index in [-0.39, 0.29) is 30.1 Å². The van der Waals surface area contributed by atoms with Crippen LogP contribution in [0.25, 0.3) is 0 Å². The summed E-state index contributed by atoms with van der Waals surface area (Å²) in [6, 6.07) is -0.999. The van der Waals surface area contributed by atoms with Gasteiger partial charge in [-0.05, 0) is 46.1 Å². The first-order valence-corrected chi connectivity index (χ1v) is 9.69. The first kappa shape index (κ1) is 24.6. The van der Waals surface area contributed by atoms with Gasteiger partial charge in [-0.3, -0.25) is 9.59 Å². The summed E-state index contributed by atoms with van der Waals surface area (Å²) in [6.45, 7) is 12.8. The average molecular weight is 371 g/mol. The third-order valence-corrected chi connectivity index (χ3v) is 4.70. The number of hydrogen-bond donors (Lipinski definition) is 3. The molecule has 0 aliphatic heterocycles. The number of nitrogens with one attached hydrogen (secondary N) is 2. The van der Waals surface area contributed by atoms with E-state index in [9.17, 15) is 19.5 Å². The third-order valence-electron chi connectivity index (χ3n) is 4.70. The first-order valence-electron chi connectivity index (χ1n) is 9.69. The van der Waals surface area contributed by atoms with Gasteiger partial charge in [0.15, 0.2) is 0 Å². The highest BCUT2D eigenvalue weighted by Crippen LogP contribution is 2.18. The second-order valence-corrected chi connectivity index (χ2v) is 8.65. The van der Waals surface area contributed by atoms with Crippen molar-refractivity contribution in [2.75, 3.05) is 6.54 Å². The van der Waals surface area contributed by atoms with Crippen LogP contribution in [-0.4, -0.2) is 40.9 Å². The first-order chi connectivity index (χ1) is 11.9. The fourth-order valence-electron chi connectivity index (χ4n) is 2.31. The van der Waals surface area contributed by atoms with E-state index in [1.807, 2.05) is 0 Å². The average Bonchev–Trinajstić information content (AvgIpc) is 2.53. The normalized spacial score (nSPS) is 13.3. The van der Waals surface area contributed by atoms with Crippen LogP contribution in [0.4, 0.5) is 0 Å². The summed E-state index contributed by atoms with van der Waals surface area (Å²) < 4.78 is 0. The molecule has 1 atom stereocenters. The largest absolute Gasteiger partial charge is 0.480 e. The van der Waals surface area contributed by atoms with Gasteiger partial charge in [0.25, 0.3) is 0 Å². The molecule has 0 radical (unpaired) electrons. The predicted molar refractivity (Wildman–Crippen MR) is 104 cm³/mol. The van der Waals surface area contributed by atoms with Crippen LogP contribution in [0.15, 0.2) is 0 Å². The molecule has 0 aromatic heterocycles. The van der Waals surface area contributed by atoms with Crippen LogP contribution in [0, 0.1) is 5.41 Å². The van der Waals surface area contributed by atoms with Crippen molar-refractivity contribution in [3.63, 3.8) is 0 Å². The molecule has 1 unspecified atom stereocenters. The third kappa shape index (κ3) is 11.2. The summed E-state index contributed by atoms with van der Waals surface area (Å²) in [5, 5.41) is 15.3. The second-order valence-electron chi connectivity index (χ2n) is 8.65. The summed E-state index contributed by atoms with van der Waals surface area (Å²) in [4.78, 5) is 35.2. The van der Waals surface area contributed by atoms with Gasteiger partial charge in [-0.15, -0.1) is 0 Å². The molecule has 0 fully saturated rings. The van der Waals surface area contributed by atoms with Gasteiger partial charge >= 0.3 is 5.97 Å². The van der Waals surface area contributed by atoms with E-state index in [4.69, 9.17) is 0 Å². The highest BCUT2D eigenvalue weighted by atomic mass is 16.4. The van der Waals surface area contributed by atoms with Crippen LogP contribution >= 0.6 is 0 Å². The Hall–Kier alpha value is -1.43. The molecule has 0 spiro atoms. The van der Waals surface area contributed by atoms with Crippen molar-refractivity contribution in [2.24, 2.45) is 5.41 Å². The summed E-state index contributed by atoms with van der Waals surface area (Å²) in [5.74, 6) is -1.35. The number of carboxylic acid groups (broad SMARTS) is 1. The number of Topliss-reactive ketones (excluding diaryl/α,β-unsaturated/α-hetero) is 1. The van der Waals surface area contributed by atoms with Gasteiger partial charge in [0.1, 0.15) is 11.8 Å². The standard InChI is InChI=1S/C20H38N2O4/c1-7-20(5,6)21-14-10-8-9-11-17(24)22-15(18(25)26)12-13-16(23)19(2,3)4/h15,21H,7-14H2,1-6H3,(H,22,24)(H,25,26). The SMILES string of the molecule is CCC(C)(C)NCCCCCC(=O)NC(CCC(=O)C(C)(C)C)C(=O)O. The monoisotopic (exact) mass is 370 g/mol. The van der Waals surface area contributed by atoms with Crippen molar-refractivity contribution in [3.05, 3.63) is 0 Å². The Labute approximate surface area is 158 Å². The van der Waals surface area contributed by atoms with E-state index >= 15 is 0 Å². The Kier molecular flexibility index (Phi) is 10.7. The maximum Gasteiger partial charge on any atom is 0.326 e. The van der Waals surface area contributed by atoms with Crippen molar-refractivity contribution < 1.29 is 19.5 Å². The Balaban J connectivity index is 4.09. The van der Waals surface area contributed by atoms with Crippen molar-refractivity contribution >= 4 is 17.7 Å². The van der Waals surface area contributed by atoms with Gasteiger partial charge in [0, 0.05) is 23.8 Å². The minimum Gasteiger partial charge on any atom is -0.480 e. The molecular formula is C20H38N2O4. The maximum atomic E-state index is 12.0. The predicted octanol–water partition coefficient (Wildman–Crippen LogP) is 3.29. The van der Waals surface area contributed by atoms with Crippen molar-refractivity contribution in [2.45, 2.75) is 98.1 Å². The van der Waals surface area contributed by atoms with Gasteiger partial charge in [0.2, 0.25) is 5.91 Å². The Morgan fingerprint density at radius 2 is 1.58 bits per heavy atom. The van der Waals surface area contributed by atoms with E-state index in [2.05, 4.69) is 31.4 Å². The maximum absolute atomic E-state index is 12.0. The number of rotatable bonds is 13. The van der Waals surface area contributed by atoms with Crippen LogP contribution in [0.1, 0.15) is 86.5 Å². The highest BCUT2D eigenvalue weighted by molar-refractivity contribution is 5.86. The van der Waals surface area contributed by atoms with Crippen LogP contribution in [0.3, 0.4) is 0 Å². The molecule has 0 aromatic rings. The molecule has 0 heterocycles. The Bertz CT molecular complexity index is 467. The van der Waals surface area contributed by atoms with Crippen molar-refractivity contribution in [1.82, 2.24) is 10.6 Å². The summed E-state index contributed by atoms with van der Waals surface area (Å²) >= 11 is 0. The van der Waals surface area contributed by atoms with Crippen LogP contribution < -0.4 is 10.6 Å².